The van der Waals surface area contributed by atoms with Crippen molar-refractivity contribution < 1.29 is 23.9 Å². The van der Waals surface area contributed by atoms with Crippen LogP contribution < -0.4 is 10.1 Å². The maximum Gasteiger partial charge on any atom is 0.344 e. The Bertz CT molecular complexity index is 819. The molecule has 0 bridgehead atoms. The van der Waals surface area contributed by atoms with Gasteiger partial charge in [0.25, 0.3) is 5.91 Å². The minimum atomic E-state index is -0.996. The molecular weight excluding hydrogens is 370 g/mol. The van der Waals surface area contributed by atoms with Crippen molar-refractivity contribution in [2.75, 3.05) is 11.9 Å². The molecule has 7 heteroatoms. The van der Waals surface area contributed by atoms with E-state index in [-0.39, 0.29) is 12.4 Å². The van der Waals surface area contributed by atoms with Crippen LogP contribution in [0.4, 0.5) is 5.69 Å². The van der Waals surface area contributed by atoms with Crippen LogP contribution in [-0.4, -0.2) is 30.4 Å². The minimum absolute atomic E-state index is 0.0282. The zero-order chi connectivity index (χ0) is 19.8. The Hall–Kier alpha value is -2.86. The highest BCUT2D eigenvalue weighted by molar-refractivity contribution is 6.30. The molecule has 0 aromatic heterocycles. The second-order valence-electron chi connectivity index (χ2n) is 5.72. The van der Waals surface area contributed by atoms with E-state index in [1.807, 2.05) is 0 Å². The summed E-state index contributed by atoms with van der Waals surface area (Å²) >= 11 is 5.86. The first-order valence-corrected chi connectivity index (χ1v) is 8.78. The van der Waals surface area contributed by atoms with Crippen LogP contribution in [0.25, 0.3) is 0 Å². The third-order valence-electron chi connectivity index (χ3n) is 3.62. The molecule has 0 aliphatic heterocycles. The van der Waals surface area contributed by atoms with Crippen LogP contribution in [0.2, 0.25) is 5.02 Å². The molecule has 0 fully saturated rings. The van der Waals surface area contributed by atoms with Crippen LogP contribution in [0.1, 0.15) is 30.6 Å². The number of halogens is 1. The molecule has 0 aliphatic rings. The highest BCUT2D eigenvalue weighted by Crippen LogP contribution is 2.16. The van der Waals surface area contributed by atoms with E-state index in [4.69, 9.17) is 21.1 Å². The molecule has 142 valence electrons. The number of amides is 1. The largest absolute Gasteiger partial charge is 0.482 e. The molecule has 0 spiro atoms. The maximum atomic E-state index is 12.1. The highest BCUT2D eigenvalue weighted by atomic mass is 35.5. The van der Waals surface area contributed by atoms with Crippen LogP contribution in [-0.2, 0) is 14.3 Å². The number of ether oxygens (including phenoxy) is 2. The van der Waals surface area contributed by atoms with Crippen molar-refractivity contribution in [3.8, 4) is 5.75 Å². The molecule has 0 unspecified atom stereocenters. The first-order chi connectivity index (χ1) is 12.9. The molecule has 1 amide bonds. The zero-order valence-electron chi connectivity index (χ0n) is 15.0. The van der Waals surface area contributed by atoms with E-state index in [1.165, 1.54) is 6.92 Å². The lowest BCUT2D eigenvalue weighted by Gasteiger charge is -2.14. The molecule has 1 atom stereocenters. The smallest absolute Gasteiger partial charge is 0.344 e. The summed E-state index contributed by atoms with van der Waals surface area (Å²) in [5.74, 6) is -0.707. The maximum absolute atomic E-state index is 12.1. The second kappa shape index (κ2) is 9.73. The number of anilines is 1. The quantitative estimate of drug-likeness (QED) is 0.547. The first-order valence-electron chi connectivity index (χ1n) is 8.41. The molecule has 27 heavy (non-hydrogen) atoms. The molecule has 2 rings (SSSR count). The molecule has 2 aromatic carbocycles. The number of nitrogens with one attached hydrogen (secondary N) is 1. The molecule has 0 saturated heterocycles. The normalized spacial score (nSPS) is 11.4. The van der Waals surface area contributed by atoms with Crippen LogP contribution in [0.5, 0.6) is 5.75 Å². The summed E-state index contributed by atoms with van der Waals surface area (Å²) in [5.41, 5.74) is 1.09. The molecule has 6 nitrogen and oxygen atoms in total. The zero-order valence-corrected chi connectivity index (χ0v) is 15.8. The van der Waals surface area contributed by atoms with Crippen LogP contribution >= 0.6 is 11.6 Å². The average Bonchev–Trinajstić information content (AvgIpc) is 2.66. The highest BCUT2D eigenvalue weighted by Gasteiger charge is 2.18. The predicted molar refractivity (Wildman–Crippen MR) is 102 cm³/mol. The van der Waals surface area contributed by atoms with Crippen molar-refractivity contribution in [3.63, 3.8) is 0 Å². The van der Waals surface area contributed by atoms with Gasteiger partial charge < -0.3 is 14.8 Å². The van der Waals surface area contributed by atoms with Crippen LogP contribution in [0.3, 0.4) is 0 Å². The second-order valence-corrected chi connectivity index (χ2v) is 6.16. The van der Waals surface area contributed by atoms with Crippen molar-refractivity contribution in [3.05, 3.63) is 59.1 Å². The van der Waals surface area contributed by atoms with E-state index in [2.05, 4.69) is 5.32 Å². The molecule has 1 N–H and O–H groups in total. The molecule has 0 saturated carbocycles. The van der Waals surface area contributed by atoms with Crippen molar-refractivity contribution in [1.82, 2.24) is 0 Å². The van der Waals surface area contributed by atoms with Crippen molar-refractivity contribution in [2.24, 2.45) is 0 Å². The molecule has 0 aliphatic carbocycles. The Kier molecular flexibility index (Phi) is 7.37. The van der Waals surface area contributed by atoms with Gasteiger partial charge in [0, 0.05) is 22.7 Å². The summed E-state index contributed by atoms with van der Waals surface area (Å²) in [6.07, 6.45) is -0.577. The van der Waals surface area contributed by atoms with Gasteiger partial charge >= 0.3 is 5.97 Å². The Morgan fingerprint density at radius 1 is 1.11 bits per heavy atom. The topological polar surface area (TPSA) is 81.7 Å². The van der Waals surface area contributed by atoms with Gasteiger partial charge in [0.15, 0.2) is 18.5 Å². The number of esters is 1. The molecular formula is C20H20ClNO5. The number of benzene rings is 2. The number of hydrogen-bond donors (Lipinski definition) is 1. The number of Topliss-reactive ketones (excluding diaryl/α,β-unsaturated/α-hetero) is 1. The Labute approximate surface area is 162 Å². The Balaban J connectivity index is 1.80. The van der Waals surface area contributed by atoms with E-state index < -0.39 is 18.0 Å². The number of ketones is 1. The van der Waals surface area contributed by atoms with E-state index >= 15 is 0 Å². The summed E-state index contributed by atoms with van der Waals surface area (Å²) in [7, 11) is 0. The lowest BCUT2D eigenvalue weighted by Crippen LogP contribution is -2.31. The van der Waals surface area contributed by atoms with Gasteiger partial charge in [0.2, 0.25) is 0 Å². The van der Waals surface area contributed by atoms with Gasteiger partial charge in [-0.2, -0.15) is 0 Å². The fourth-order valence-corrected chi connectivity index (χ4v) is 2.37. The lowest BCUT2D eigenvalue weighted by atomic mass is 10.1. The summed E-state index contributed by atoms with van der Waals surface area (Å²) in [6, 6.07) is 13.1. The summed E-state index contributed by atoms with van der Waals surface area (Å²) in [6.45, 7) is 2.89. The van der Waals surface area contributed by atoms with E-state index in [0.717, 1.165) is 0 Å². The van der Waals surface area contributed by atoms with Crippen molar-refractivity contribution in [2.45, 2.75) is 26.4 Å². The van der Waals surface area contributed by atoms with Gasteiger partial charge in [-0.1, -0.05) is 24.6 Å². The number of hydrogen-bond acceptors (Lipinski definition) is 5. The third-order valence-corrected chi connectivity index (χ3v) is 3.86. The van der Waals surface area contributed by atoms with E-state index in [9.17, 15) is 14.4 Å². The van der Waals surface area contributed by atoms with Gasteiger partial charge in [0.05, 0.1) is 0 Å². The summed E-state index contributed by atoms with van der Waals surface area (Å²) in [5, 5.41) is 3.09. The lowest BCUT2D eigenvalue weighted by molar-refractivity contribution is -0.155. The molecule has 2 aromatic rings. The summed E-state index contributed by atoms with van der Waals surface area (Å²) < 4.78 is 10.4. The van der Waals surface area contributed by atoms with Gasteiger partial charge in [-0.3, -0.25) is 9.59 Å². The summed E-state index contributed by atoms with van der Waals surface area (Å²) in [4.78, 5) is 35.5. The minimum Gasteiger partial charge on any atom is -0.482 e. The van der Waals surface area contributed by atoms with Crippen LogP contribution in [0, 0.1) is 0 Å². The van der Waals surface area contributed by atoms with Crippen molar-refractivity contribution in [1.29, 1.82) is 0 Å². The SMILES string of the molecule is CCC(=O)c1ccc(OCC(=O)O[C@H](C)C(=O)Nc2cccc(Cl)c2)cc1. The monoisotopic (exact) mass is 389 g/mol. The fourth-order valence-electron chi connectivity index (χ4n) is 2.18. The Morgan fingerprint density at radius 2 is 1.81 bits per heavy atom. The van der Waals surface area contributed by atoms with Crippen LogP contribution in [0.15, 0.2) is 48.5 Å². The van der Waals surface area contributed by atoms with Gasteiger partial charge in [-0.25, -0.2) is 4.79 Å². The molecule has 0 radical (unpaired) electrons. The Morgan fingerprint density at radius 3 is 2.44 bits per heavy atom. The van der Waals surface area contributed by atoms with Gasteiger partial charge in [-0.05, 0) is 49.4 Å². The number of carbonyl (C=O) groups excluding carboxylic acids is 3. The average molecular weight is 390 g/mol. The van der Waals surface area contributed by atoms with E-state index in [1.54, 1.807) is 55.5 Å². The van der Waals surface area contributed by atoms with Crippen molar-refractivity contribution >= 4 is 34.9 Å². The predicted octanol–water partition coefficient (Wildman–Crippen LogP) is 3.88. The number of rotatable bonds is 8. The third kappa shape index (κ3) is 6.42. The molecule has 0 heterocycles. The van der Waals surface area contributed by atoms with Gasteiger partial charge in [-0.15, -0.1) is 0 Å². The number of carbonyl (C=O) groups is 3. The standard InChI is InChI=1S/C20H20ClNO5/c1-3-18(23)14-7-9-17(10-8-14)26-12-19(24)27-13(2)20(25)22-16-6-4-5-15(21)11-16/h4-11,13H,3,12H2,1-2H3,(H,22,25)/t13-/m1/s1. The fraction of sp³-hybridized carbons (Fsp3) is 0.250. The van der Waals surface area contributed by atoms with Gasteiger partial charge in [0.1, 0.15) is 5.75 Å². The van der Waals surface area contributed by atoms with E-state index in [0.29, 0.717) is 28.4 Å². The first kappa shape index (κ1) is 20.5.